The van der Waals surface area contributed by atoms with Gasteiger partial charge in [0.1, 0.15) is 12.3 Å². The zero-order chi connectivity index (χ0) is 31.2. The number of hydrogen-bond donors (Lipinski definition) is 1. The highest BCUT2D eigenvalue weighted by Gasteiger charge is 2.50. The Kier molecular flexibility index (Phi) is 8.13. The predicted octanol–water partition coefficient (Wildman–Crippen LogP) is 5.08. The lowest BCUT2D eigenvalue weighted by Crippen LogP contribution is -2.60. The molecule has 2 fully saturated rings. The molecule has 1 N–H and O–H groups in total. The van der Waals surface area contributed by atoms with Gasteiger partial charge in [-0.2, -0.15) is 13.4 Å². The number of aryl methyl sites for hydroxylation is 2. The molecule has 0 unspecified atom stereocenters. The summed E-state index contributed by atoms with van der Waals surface area (Å²) in [5, 5.41) is -0.258. The van der Waals surface area contributed by atoms with Crippen LogP contribution >= 0.6 is 0 Å². The van der Waals surface area contributed by atoms with Crippen LogP contribution < -0.4 is 9.46 Å². The minimum absolute atomic E-state index is 0.0229. The summed E-state index contributed by atoms with van der Waals surface area (Å²) in [6.07, 6.45) is 4.81. The molecule has 3 aliphatic rings. The summed E-state index contributed by atoms with van der Waals surface area (Å²) in [4.78, 5) is 32.1. The summed E-state index contributed by atoms with van der Waals surface area (Å²) in [6.45, 7) is 10.6. The van der Waals surface area contributed by atoms with Gasteiger partial charge in [0.2, 0.25) is 11.8 Å². The molecule has 10 nitrogen and oxygen atoms in total. The molecular weight excluding hydrogens is 576 g/mol. The van der Waals surface area contributed by atoms with Gasteiger partial charge >= 0.3 is 0 Å². The Morgan fingerprint density at radius 1 is 1.00 bits per heavy atom. The zero-order valence-electron chi connectivity index (χ0n) is 26.2. The van der Waals surface area contributed by atoms with Crippen molar-refractivity contribution >= 4 is 21.9 Å². The monoisotopic (exact) mass is 618 g/mol. The highest BCUT2D eigenvalue weighted by atomic mass is 32.2. The van der Waals surface area contributed by atoms with E-state index in [1.807, 2.05) is 36.9 Å². The molecular formula is C33H42N6O4S. The van der Waals surface area contributed by atoms with Crippen molar-refractivity contribution in [3.8, 4) is 17.1 Å². The van der Waals surface area contributed by atoms with E-state index in [-0.39, 0.29) is 52.6 Å². The Hall–Kier alpha value is -3.57. The van der Waals surface area contributed by atoms with Crippen LogP contribution in [0.3, 0.4) is 0 Å². The minimum atomic E-state index is -4.21. The van der Waals surface area contributed by atoms with Gasteiger partial charge in [0.15, 0.2) is 5.03 Å². The topological polar surface area (TPSA) is 118 Å². The number of anilines is 1. The van der Waals surface area contributed by atoms with Crippen LogP contribution in [-0.4, -0.2) is 77.9 Å². The van der Waals surface area contributed by atoms with Crippen LogP contribution in [-0.2, 0) is 10.0 Å². The first-order chi connectivity index (χ1) is 20.9. The number of nitrogens with one attached hydrogen (secondary N) is 1. The van der Waals surface area contributed by atoms with Gasteiger partial charge in [-0.05, 0) is 101 Å². The van der Waals surface area contributed by atoms with E-state index < -0.39 is 10.0 Å². The smallest absolute Gasteiger partial charge is 0.281 e. The Balaban J connectivity index is 1.44. The van der Waals surface area contributed by atoms with E-state index in [2.05, 4.69) is 45.5 Å². The van der Waals surface area contributed by atoms with Gasteiger partial charge in [-0.3, -0.25) is 4.79 Å². The number of amides is 1. The molecule has 3 aromatic rings. The van der Waals surface area contributed by atoms with E-state index in [0.29, 0.717) is 11.6 Å². The molecule has 1 amide bonds. The third-order valence-electron chi connectivity index (χ3n) is 9.46. The quantitative estimate of drug-likeness (QED) is 0.430. The van der Waals surface area contributed by atoms with Gasteiger partial charge in [-0.15, -0.1) is 0 Å². The SMILES string of the molecule is Cc1cccc(C)c1-c1cc2nc(n1)NS(=O)(=O)c1cccc(n1)C(=O)N(C1CC3(CCN(C)CC3)C1)[C@H](CC(C)C)CO2. The lowest BCUT2D eigenvalue weighted by Gasteiger charge is -2.56. The molecule has 4 bridgehead atoms. The predicted molar refractivity (Wildman–Crippen MR) is 169 cm³/mol. The first-order valence-corrected chi connectivity index (χ1v) is 17.0. The Morgan fingerprint density at radius 3 is 2.36 bits per heavy atom. The van der Waals surface area contributed by atoms with Crippen molar-refractivity contribution in [3.05, 3.63) is 59.3 Å². The average molecular weight is 619 g/mol. The van der Waals surface area contributed by atoms with Crippen LogP contribution in [0.4, 0.5) is 5.95 Å². The number of rotatable bonds is 4. The molecule has 1 spiro atoms. The summed E-state index contributed by atoms with van der Waals surface area (Å²) in [7, 11) is -2.05. The van der Waals surface area contributed by atoms with Gasteiger partial charge in [-0.25, -0.2) is 14.7 Å². The second kappa shape index (κ2) is 11.7. The lowest BCUT2D eigenvalue weighted by molar-refractivity contribution is -0.0499. The van der Waals surface area contributed by atoms with E-state index in [4.69, 9.17) is 4.74 Å². The molecule has 234 valence electrons. The second-order valence-corrected chi connectivity index (χ2v) is 14.9. The fraction of sp³-hybridized carbons (Fsp3) is 0.515. The Bertz CT molecular complexity index is 1640. The average Bonchev–Trinajstić information content (AvgIpc) is 2.95. The fourth-order valence-electron chi connectivity index (χ4n) is 7.13. The normalized spacial score (nSPS) is 21.9. The largest absolute Gasteiger partial charge is 0.475 e. The zero-order valence-corrected chi connectivity index (χ0v) is 27.0. The number of carbonyl (C=O) groups is 1. The van der Waals surface area contributed by atoms with Crippen molar-refractivity contribution in [2.75, 3.05) is 31.5 Å². The number of nitrogens with zero attached hydrogens (tertiary/aromatic N) is 5. The minimum Gasteiger partial charge on any atom is -0.475 e. The number of hydrogen-bond acceptors (Lipinski definition) is 8. The van der Waals surface area contributed by atoms with Gasteiger partial charge < -0.3 is 14.5 Å². The molecule has 0 radical (unpaired) electrons. The van der Waals surface area contributed by atoms with E-state index >= 15 is 0 Å². The number of ether oxygens (including phenoxy) is 1. The molecule has 1 atom stereocenters. The number of fused-ring (bicyclic) bond motifs is 4. The standard InChI is InChI=1S/C33H42N6O4S/c1-21(2)16-24-20-43-28-17-27(30-22(3)8-6-9-23(30)4)35-32(36-28)37-44(41,42)29-11-7-10-26(34-29)31(40)39(24)25-18-33(19-25)12-14-38(5)15-13-33/h6-11,17,21,24-25H,12-16,18-20H2,1-5H3,(H,35,36,37)/t24-/m1/s1. The molecule has 1 aromatic carbocycles. The molecule has 2 aromatic heterocycles. The van der Waals surface area contributed by atoms with Crippen molar-refractivity contribution in [3.63, 3.8) is 0 Å². The summed E-state index contributed by atoms with van der Waals surface area (Å²) in [5.74, 6) is 0.158. The number of carbonyl (C=O) groups excluding carboxylic acids is 1. The third kappa shape index (κ3) is 6.04. The van der Waals surface area contributed by atoms with Crippen molar-refractivity contribution in [1.82, 2.24) is 24.8 Å². The van der Waals surface area contributed by atoms with Crippen LogP contribution in [0.1, 0.15) is 67.6 Å². The maximum atomic E-state index is 14.3. The highest BCUT2D eigenvalue weighted by molar-refractivity contribution is 7.92. The molecule has 1 saturated carbocycles. The summed E-state index contributed by atoms with van der Waals surface area (Å²) < 4.78 is 36.0. The fourth-order valence-corrected chi connectivity index (χ4v) is 8.05. The maximum Gasteiger partial charge on any atom is 0.281 e. The Morgan fingerprint density at radius 2 is 1.68 bits per heavy atom. The lowest BCUT2D eigenvalue weighted by atomic mass is 9.59. The van der Waals surface area contributed by atoms with Crippen molar-refractivity contribution in [2.24, 2.45) is 11.3 Å². The van der Waals surface area contributed by atoms with Gasteiger partial charge in [0, 0.05) is 17.7 Å². The van der Waals surface area contributed by atoms with Crippen LogP contribution in [0.15, 0.2) is 47.5 Å². The van der Waals surface area contributed by atoms with Crippen LogP contribution in [0.2, 0.25) is 0 Å². The van der Waals surface area contributed by atoms with Crippen LogP contribution in [0.5, 0.6) is 5.88 Å². The summed E-state index contributed by atoms with van der Waals surface area (Å²) >= 11 is 0. The molecule has 1 aliphatic carbocycles. The summed E-state index contributed by atoms with van der Waals surface area (Å²) in [6, 6.07) is 12.0. The van der Waals surface area contributed by atoms with E-state index in [1.54, 1.807) is 18.2 Å². The third-order valence-corrected chi connectivity index (χ3v) is 10.7. The molecule has 11 heteroatoms. The van der Waals surface area contributed by atoms with E-state index in [1.165, 1.54) is 6.07 Å². The van der Waals surface area contributed by atoms with Crippen molar-refractivity contribution in [2.45, 2.75) is 76.9 Å². The number of aromatic nitrogens is 3. The number of piperidine rings is 1. The number of pyridine rings is 1. The Labute approximate surface area is 260 Å². The van der Waals surface area contributed by atoms with Crippen molar-refractivity contribution < 1.29 is 17.9 Å². The van der Waals surface area contributed by atoms with Gasteiger partial charge in [-0.1, -0.05) is 38.1 Å². The second-order valence-electron chi connectivity index (χ2n) is 13.3. The first kappa shape index (κ1) is 30.5. The van der Waals surface area contributed by atoms with Crippen molar-refractivity contribution in [1.29, 1.82) is 0 Å². The maximum absolute atomic E-state index is 14.3. The molecule has 6 rings (SSSR count). The number of likely N-dealkylation sites (tertiary alicyclic amines) is 1. The van der Waals surface area contributed by atoms with Crippen LogP contribution in [0, 0.1) is 25.2 Å². The van der Waals surface area contributed by atoms with E-state index in [9.17, 15) is 13.2 Å². The molecule has 44 heavy (non-hydrogen) atoms. The van der Waals surface area contributed by atoms with Gasteiger partial charge in [0.05, 0.1) is 11.7 Å². The highest BCUT2D eigenvalue weighted by Crippen LogP contribution is 2.51. The molecule has 1 saturated heterocycles. The first-order valence-electron chi connectivity index (χ1n) is 15.5. The van der Waals surface area contributed by atoms with E-state index in [0.717, 1.165) is 61.9 Å². The number of benzene rings is 1. The van der Waals surface area contributed by atoms with Crippen LogP contribution in [0.25, 0.3) is 11.3 Å². The summed E-state index contributed by atoms with van der Waals surface area (Å²) in [5.41, 5.74) is 3.78. The van der Waals surface area contributed by atoms with Gasteiger partial charge in [0.25, 0.3) is 15.9 Å². The number of sulfonamides is 1. The molecule has 4 heterocycles. The molecule has 2 aliphatic heterocycles.